The van der Waals surface area contributed by atoms with Gasteiger partial charge in [-0.15, -0.1) is 13.2 Å². The fraction of sp³-hybridized carbons (Fsp3) is 0.333. The average Bonchev–Trinajstić information content (AvgIpc) is 2.15. The monoisotopic (exact) mass is 254 g/mol. The molecule has 90 valence electrons. The molecule has 0 heterocycles. The normalized spacial score (nSPS) is 12.5. The van der Waals surface area contributed by atoms with Gasteiger partial charge in [-0.1, -0.05) is 13.0 Å². The van der Waals surface area contributed by atoms with Crippen LogP contribution in [0.3, 0.4) is 0 Å². The number of sulfone groups is 1. The summed E-state index contributed by atoms with van der Waals surface area (Å²) < 4.78 is 62.0. The Bertz CT molecular complexity index is 465. The van der Waals surface area contributed by atoms with Crippen LogP contribution in [0, 0.1) is 0 Å². The second kappa shape index (κ2) is 4.32. The maximum atomic E-state index is 11.9. The molecule has 1 aromatic rings. The van der Waals surface area contributed by atoms with Crippen molar-refractivity contribution in [2.45, 2.75) is 18.2 Å². The molecule has 0 N–H and O–H groups in total. The van der Waals surface area contributed by atoms with Crippen LogP contribution in [-0.4, -0.2) is 20.5 Å². The van der Waals surface area contributed by atoms with E-state index in [1.807, 2.05) is 0 Å². The van der Waals surface area contributed by atoms with Gasteiger partial charge in [0.25, 0.3) is 0 Å². The van der Waals surface area contributed by atoms with Crippen molar-refractivity contribution in [2.75, 3.05) is 5.75 Å². The van der Waals surface area contributed by atoms with Crippen LogP contribution in [-0.2, 0) is 9.84 Å². The highest BCUT2D eigenvalue weighted by Crippen LogP contribution is 2.25. The molecule has 1 aromatic carbocycles. The Morgan fingerprint density at radius 2 is 1.94 bits per heavy atom. The molecule has 0 radical (unpaired) electrons. The number of benzene rings is 1. The quantitative estimate of drug-likeness (QED) is 0.831. The minimum Gasteiger partial charge on any atom is -0.406 e. The molecule has 0 unspecified atom stereocenters. The molecule has 0 atom stereocenters. The molecule has 0 amide bonds. The van der Waals surface area contributed by atoms with Crippen molar-refractivity contribution in [1.82, 2.24) is 0 Å². The molecule has 0 saturated carbocycles. The Balaban J connectivity index is 3.06. The summed E-state index contributed by atoms with van der Waals surface area (Å²) in [5, 5.41) is 0. The second-order valence-corrected chi connectivity index (χ2v) is 5.20. The number of hydrogen-bond donors (Lipinski definition) is 0. The maximum Gasteiger partial charge on any atom is 0.573 e. The predicted molar refractivity (Wildman–Crippen MR) is 50.9 cm³/mol. The van der Waals surface area contributed by atoms with Crippen LogP contribution in [0.1, 0.15) is 6.92 Å². The Hall–Kier alpha value is -1.24. The van der Waals surface area contributed by atoms with Gasteiger partial charge < -0.3 is 4.74 Å². The molecule has 1 rings (SSSR count). The van der Waals surface area contributed by atoms with Gasteiger partial charge in [-0.25, -0.2) is 8.42 Å². The van der Waals surface area contributed by atoms with E-state index in [9.17, 15) is 21.6 Å². The molecule has 0 aromatic heterocycles. The first-order chi connectivity index (χ1) is 7.24. The first-order valence-corrected chi connectivity index (χ1v) is 5.98. The van der Waals surface area contributed by atoms with E-state index in [0.717, 1.165) is 12.1 Å². The minimum atomic E-state index is -4.82. The predicted octanol–water partition coefficient (Wildman–Crippen LogP) is 2.38. The van der Waals surface area contributed by atoms with Crippen molar-refractivity contribution in [3.05, 3.63) is 24.3 Å². The summed E-state index contributed by atoms with van der Waals surface area (Å²) in [7, 11) is -3.52. The van der Waals surface area contributed by atoms with Gasteiger partial charge in [0.05, 0.1) is 10.6 Å². The molecule has 0 fully saturated rings. The molecule has 7 heteroatoms. The highest BCUT2D eigenvalue weighted by atomic mass is 32.2. The smallest absolute Gasteiger partial charge is 0.406 e. The standard InChI is InChI=1S/C9H9F3O3S/c1-2-16(13,14)8-5-3-4-7(6-8)15-9(10,11)12/h3-6H,2H2,1H3. The van der Waals surface area contributed by atoms with Crippen molar-refractivity contribution in [2.24, 2.45) is 0 Å². The Kier molecular flexibility index (Phi) is 3.47. The van der Waals surface area contributed by atoms with Crippen LogP contribution in [0.15, 0.2) is 29.2 Å². The van der Waals surface area contributed by atoms with Gasteiger partial charge in [0, 0.05) is 0 Å². The molecular weight excluding hydrogens is 245 g/mol. The summed E-state index contributed by atoms with van der Waals surface area (Å²) in [6.07, 6.45) is -4.82. The van der Waals surface area contributed by atoms with Gasteiger partial charge in [0.15, 0.2) is 9.84 Å². The van der Waals surface area contributed by atoms with Crippen LogP contribution in [0.25, 0.3) is 0 Å². The summed E-state index contributed by atoms with van der Waals surface area (Å²) in [5.41, 5.74) is 0. The zero-order valence-corrected chi connectivity index (χ0v) is 9.10. The average molecular weight is 254 g/mol. The molecular formula is C9H9F3O3S. The third-order valence-corrected chi connectivity index (χ3v) is 3.51. The minimum absolute atomic E-state index is 0.178. The van der Waals surface area contributed by atoms with Crippen LogP contribution < -0.4 is 4.74 Å². The van der Waals surface area contributed by atoms with Crippen LogP contribution in [0.4, 0.5) is 13.2 Å². The van der Waals surface area contributed by atoms with E-state index in [0.29, 0.717) is 0 Å². The summed E-state index contributed by atoms with van der Waals surface area (Å²) in [4.78, 5) is -0.184. The lowest BCUT2D eigenvalue weighted by molar-refractivity contribution is -0.274. The van der Waals surface area contributed by atoms with Gasteiger partial charge in [-0.3, -0.25) is 0 Å². The molecule has 0 aliphatic heterocycles. The number of halogens is 3. The fourth-order valence-electron chi connectivity index (χ4n) is 1.03. The molecule has 0 bridgehead atoms. The Morgan fingerprint density at radius 1 is 1.31 bits per heavy atom. The SMILES string of the molecule is CCS(=O)(=O)c1cccc(OC(F)(F)F)c1. The van der Waals surface area contributed by atoms with E-state index in [1.165, 1.54) is 19.1 Å². The van der Waals surface area contributed by atoms with Crippen LogP contribution >= 0.6 is 0 Å². The molecule has 16 heavy (non-hydrogen) atoms. The van der Waals surface area contributed by atoms with Crippen molar-refractivity contribution in [3.8, 4) is 5.75 Å². The zero-order chi connectivity index (χ0) is 12.4. The van der Waals surface area contributed by atoms with E-state index in [1.54, 1.807) is 0 Å². The molecule has 0 spiro atoms. The third-order valence-electron chi connectivity index (χ3n) is 1.78. The Labute approximate surface area is 90.8 Å². The second-order valence-electron chi connectivity index (χ2n) is 2.93. The Morgan fingerprint density at radius 3 is 2.44 bits per heavy atom. The van der Waals surface area contributed by atoms with E-state index in [-0.39, 0.29) is 10.6 Å². The van der Waals surface area contributed by atoms with Gasteiger partial charge >= 0.3 is 6.36 Å². The van der Waals surface area contributed by atoms with Crippen molar-refractivity contribution >= 4 is 9.84 Å². The third kappa shape index (κ3) is 3.41. The van der Waals surface area contributed by atoms with Crippen LogP contribution in [0.2, 0.25) is 0 Å². The lowest BCUT2D eigenvalue weighted by atomic mass is 10.3. The summed E-state index contributed by atoms with van der Waals surface area (Å²) in [6.45, 7) is 1.41. The van der Waals surface area contributed by atoms with Crippen molar-refractivity contribution < 1.29 is 26.3 Å². The number of ether oxygens (including phenoxy) is 1. The molecule has 0 aliphatic carbocycles. The summed E-state index contributed by atoms with van der Waals surface area (Å²) >= 11 is 0. The van der Waals surface area contributed by atoms with Crippen LogP contribution in [0.5, 0.6) is 5.75 Å². The van der Waals surface area contributed by atoms with Crippen molar-refractivity contribution in [3.63, 3.8) is 0 Å². The van der Waals surface area contributed by atoms with E-state index in [4.69, 9.17) is 0 Å². The van der Waals surface area contributed by atoms with E-state index >= 15 is 0 Å². The maximum absolute atomic E-state index is 11.9. The fourth-order valence-corrected chi connectivity index (χ4v) is 1.95. The molecule has 3 nitrogen and oxygen atoms in total. The topological polar surface area (TPSA) is 43.4 Å². The highest BCUT2D eigenvalue weighted by Gasteiger charge is 2.31. The van der Waals surface area contributed by atoms with E-state index < -0.39 is 21.9 Å². The zero-order valence-electron chi connectivity index (χ0n) is 8.28. The van der Waals surface area contributed by atoms with Gasteiger partial charge in [-0.05, 0) is 18.2 Å². The first-order valence-electron chi connectivity index (χ1n) is 4.33. The van der Waals surface area contributed by atoms with Gasteiger partial charge in [-0.2, -0.15) is 0 Å². The van der Waals surface area contributed by atoms with Gasteiger partial charge in [0.2, 0.25) is 0 Å². The molecule has 0 aliphatic rings. The van der Waals surface area contributed by atoms with Crippen molar-refractivity contribution in [1.29, 1.82) is 0 Å². The first kappa shape index (κ1) is 12.8. The number of hydrogen-bond acceptors (Lipinski definition) is 3. The lowest BCUT2D eigenvalue weighted by Crippen LogP contribution is -2.17. The largest absolute Gasteiger partial charge is 0.573 e. The van der Waals surface area contributed by atoms with E-state index in [2.05, 4.69) is 4.74 Å². The number of rotatable bonds is 3. The highest BCUT2D eigenvalue weighted by molar-refractivity contribution is 7.91. The van der Waals surface area contributed by atoms with Gasteiger partial charge in [0.1, 0.15) is 5.75 Å². The lowest BCUT2D eigenvalue weighted by Gasteiger charge is -2.09. The summed E-state index contributed by atoms with van der Waals surface area (Å²) in [5.74, 6) is -0.718. The molecule has 0 saturated heterocycles. The number of alkyl halides is 3. The summed E-state index contributed by atoms with van der Waals surface area (Å²) in [6, 6.07) is 4.32.